The highest BCUT2D eigenvalue weighted by Gasteiger charge is 2.09. The van der Waals surface area contributed by atoms with Gasteiger partial charge in [0.05, 0.1) is 20.8 Å². The second-order valence-corrected chi connectivity index (χ2v) is 6.57. The molecule has 27 heavy (non-hydrogen) atoms. The first-order chi connectivity index (χ1) is 12.9. The number of nitrogens with one attached hydrogen (secondary N) is 2. The van der Waals surface area contributed by atoms with Gasteiger partial charge in [0.1, 0.15) is 0 Å². The van der Waals surface area contributed by atoms with Crippen LogP contribution in [0.15, 0.2) is 23.2 Å². The summed E-state index contributed by atoms with van der Waals surface area (Å²) in [6.07, 6.45) is 1.23. The van der Waals surface area contributed by atoms with Crippen molar-refractivity contribution in [3.63, 3.8) is 0 Å². The number of benzene rings is 1. The Morgan fingerprint density at radius 2 is 1.93 bits per heavy atom. The Kier molecular flexibility index (Phi) is 10.1. The van der Waals surface area contributed by atoms with Crippen molar-refractivity contribution < 1.29 is 14.3 Å². The highest BCUT2D eigenvalue weighted by molar-refractivity contribution is 5.80. The van der Waals surface area contributed by atoms with Crippen LogP contribution in [0.1, 0.15) is 32.8 Å². The molecular weight excluding hydrogens is 344 g/mol. The van der Waals surface area contributed by atoms with Gasteiger partial charge in [-0.25, -0.2) is 0 Å². The van der Waals surface area contributed by atoms with Gasteiger partial charge in [-0.3, -0.25) is 9.79 Å². The number of carbonyl (C=O) groups excluding carboxylic acids is 1. The third kappa shape index (κ3) is 8.19. The topological polar surface area (TPSA) is 75.2 Å². The lowest BCUT2D eigenvalue weighted by Gasteiger charge is -2.22. The molecule has 7 nitrogen and oxygen atoms in total. The van der Waals surface area contributed by atoms with Gasteiger partial charge in [-0.1, -0.05) is 6.07 Å². The largest absolute Gasteiger partial charge is 0.493 e. The van der Waals surface area contributed by atoms with Crippen LogP contribution < -0.4 is 20.1 Å². The summed E-state index contributed by atoms with van der Waals surface area (Å²) in [6.45, 7) is 7.96. The highest BCUT2D eigenvalue weighted by Crippen LogP contribution is 2.27. The Morgan fingerprint density at radius 3 is 2.52 bits per heavy atom. The first-order valence-electron chi connectivity index (χ1n) is 9.40. The molecule has 1 aromatic rings. The number of nitrogens with zero attached hydrogens (tertiary/aromatic N) is 2. The molecule has 0 saturated heterocycles. The maximum Gasteiger partial charge on any atom is 0.222 e. The van der Waals surface area contributed by atoms with Crippen LogP contribution in [0.2, 0.25) is 0 Å². The van der Waals surface area contributed by atoms with Crippen LogP contribution in [0.25, 0.3) is 0 Å². The zero-order valence-electron chi connectivity index (χ0n) is 17.5. The third-order valence-electron chi connectivity index (χ3n) is 3.93. The lowest BCUT2D eigenvalue weighted by molar-refractivity contribution is -0.121. The molecule has 2 N–H and O–H groups in total. The van der Waals surface area contributed by atoms with Crippen molar-refractivity contribution in [2.24, 2.45) is 4.99 Å². The van der Waals surface area contributed by atoms with Crippen LogP contribution in [0.5, 0.6) is 11.5 Å². The number of likely N-dealkylation sites (N-methyl/N-ethyl adjacent to an activating group) is 1. The molecule has 0 aromatic heterocycles. The van der Waals surface area contributed by atoms with Crippen LogP contribution >= 0.6 is 0 Å². The minimum atomic E-state index is 0.0255. The SMILES string of the molecule is CCNC(=NCCC(=O)NC(C)C)N(C)CCc1ccc(OC)c(OC)c1. The van der Waals surface area contributed by atoms with Crippen molar-refractivity contribution in [3.05, 3.63) is 23.8 Å². The monoisotopic (exact) mass is 378 g/mol. The zero-order chi connectivity index (χ0) is 20.2. The minimum absolute atomic E-state index is 0.0255. The number of hydrogen-bond acceptors (Lipinski definition) is 4. The van der Waals surface area contributed by atoms with E-state index < -0.39 is 0 Å². The van der Waals surface area contributed by atoms with Crippen molar-refractivity contribution in [2.75, 3.05) is 40.9 Å². The number of rotatable bonds is 10. The summed E-state index contributed by atoms with van der Waals surface area (Å²) in [6, 6.07) is 6.10. The van der Waals surface area contributed by atoms with E-state index in [1.54, 1.807) is 14.2 Å². The normalized spacial score (nSPS) is 11.3. The highest BCUT2D eigenvalue weighted by atomic mass is 16.5. The predicted molar refractivity (Wildman–Crippen MR) is 110 cm³/mol. The molecule has 0 bridgehead atoms. The third-order valence-corrected chi connectivity index (χ3v) is 3.93. The maximum atomic E-state index is 11.7. The Bertz CT molecular complexity index is 617. The smallest absolute Gasteiger partial charge is 0.222 e. The average molecular weight is 379 g/mol. The second-order valence-electron chi connectivity index (χ2n) is 6.57. The van der Waals surface area contributed by atoms with Crippen molar-refractivity contribution >= 4 is 11.9 Å². The predicted octanol–water partition coefficient (Wildman–Crippen LogP) is 2.06. The van der Waals surface area contributed by atoms with Crippen LogP contribution in [0.3, 0.4) is 0 Å². The van der Waals surface area contributed by atoms with Crippen molar-refractivity contribution in [3.8, 4) is 11.5 Å². The van der Waals surface area contributed by atoms with Crippen molar-refractivity contribution in [2.45, 2.75) is 39.7 Å². The van der Waals surface area contributed by atoms with Crippen LogP contribution in [-0.4, -0.2) is 63.7 Å². The van der Waals surface area contributed by atoms with Gasteiger partial charge in [-0.2, -0.15) is 0 Å². The number of ether oxygens (including phenoxy) is 2. The first kappa shape index (κ1) is 22.6. The Hall–Kier alpha value is -2.44. The molecular formula is C20H34N4O3. The molecule has 0 atom stereocenters. The van der Waals surface area contributed by atoms with Gasteiger partial charge in [-0.05, 0) is 44.9 Å². The van der Waals surface area contributed by atoms with Gasteiger partial charge in [0.25, 0.3) is 0 Å². The number of carbonyl (C=O) groups is 1. The fraction of sp³-hybridized carbons (Fsp3) is 0.600. The molecule has 1 aromatic carbocycles. The number of amides is 1. The van der Waals surface area contributed by atoms with Gasteiger partial charge >= 0.3 is 0 Å². The van der Waals surface area contributed by atoms with E-state index in [0.29, 0.717) is 13.0 Å². The number of methoxy groups -OCH3 is 2. The van der Waals surface area contributed by atoms with Gasteiger partial charge in [0, 0.05) is 32.6 Å². The summed E-state index contributed by atoms with van der Waals surface area (Å²) in [4.78, 5) is 18.4. The van der Waals surface area contributed by atoms with E-state index in [1.807, 2.05) is 46.0 Å². The van der Waals surface area contributed by atoms with E-state index in [9.17, 15) is 4.79 Å². The molecule has 152 valence electrons. The van der Waals surface area contributed by atoms with E-state index in [0.717, 1.165) is 42.5 Å². The summed E-state index contributed by atoms with van der Waals surface area (Å²) >= 11 is 0. The fourth-order valence-corrected chi connectivity index (χ4v) is 2.57. The van der Waals surface area contributed by atoms with Crippen molar-refractivity contribution in [1.29, 1.82) is 0 Å². The summed E-state index contributed by atoms with van der Waals surface area (Å²) in [7, 11) is 5.27. The molecule has 0 aliphatic carbocycles. The second kappa shape index (κ2) is 12.0. The summed E-state index contributed by atoms with van der Waals surface area (Å²) in [5, 5.41) is 6.15. The van der Waals surface area contributed by atoms with Gasteiger partial charge in [0.15, 0.2) is 17.5 Å². The molecule has 0 aliphatic heterocycles. The molecule has 0 saturated carbocycles. The van der Waals surface area contributed by atoms with E-state index >= 15 is 0 Å². The first-order valence-corrected chi connectivity index (χ1v) is 9.40. The fourth-order valence-electron chi connectivity index (χ4n) is 2.57. The Labute approximate surface area is 163 Å². The molecule has 0 fully saturated rings. The summed E-state index contributed by atoms with van der Waals surface area (Å²) in [5.74, 6) is 2.28. The molecule has 1 amide bonds. The number of guanidine groups is 1. The van der Waals surface area contributed by atoms with Gasteiger partial charge < -0.3 is 25.0 Å². The summed E-state index contributed by atoms with van der Waals surface area (Å²) in [5.41, 5.74) is 1.16. The Balaban J connectivity index is 2.63. The van der Waals surface area contributed by atoms with E-state index in [2.05, 4.69) is 20.5 Å². The van der Waals surface area contributed by atoms with Crippen LogP contribution in [-0.2, 0) is 11.2 Å². The van der Waals surface area contributed by atoms with E-state index in [4.69, 9.17) is 9.47 Å². The minimum Gasteiger partial charge on any atom is -0.493 e. The molecule has 0 aliphatic rings. The van der Waals surface area contributed by atoms with Gasteiger partial charge in [-0.15, -0.1) is 0 Å². The molecule has 0 unspecified atom stereocenters. The van der Waals surface area contributed by atoms with Crippen LogP contribution in [0.4, 0.5) is 0 Å². The summed E-state index contributed by atoms with van der Waals surface area (Å²) < 4.78 is 10.6. The molecule has 0 radical (unpaired) electrons. The van der Waals surface area contributed by atoms with Gasteiger partial charge in [0.2, 0.25) is 5.91 Å². The lowest BCUT2D eigenvalue weighted by atomic mass is 10.1. The van der Waals surface area contributed by atoms with E-state index in [-0.39, 0.29) is 11.9 Å². The maximum absolute atomic E-state index is 11.7. The van der Waals surface area contributed by atoms with E-state index in [1.165, 1.54) is 0 Å². The van der Waals surface area contributed by atoms with Crippen molar-refractivity contribution in [1.82, 2.24) is 15.5 Å². The lowest BCUT2D eigenvalue weighted by Crippen LogP contribution is -2.40. The standard InChI is InChI=1S/C20H34N4O3/c1-7-21-20(22-12-10-19(25)23-15(2)3)24(4)13-11-16-8-9-17(26-5)18(14-16)27-6/h8-9,14-15H,7,10-13H2,1-6H3,(H,21,22)(H,23,25). The molecule has 0 spiro atoms. The number of hydrogen-bond donors (Lipinski definition) is 2. The zero-order valence-corrected chi connectivity index (χ0v) is 17.5. The molecule has 0 heterocycles. The Morgan fingerprint density at radius 1 is 1.22 bits per heavy atom. The number of aliphatic imine (C=N–C) groups is 1. The molecule has 1 rings (SSSR count). The molecule has 7 heteroatoms. The quantitative estimate of drug-likeness (QED) is 0.481. The van der Waals surface area contributed by atoms with Crippen LogP contribution in [0, 0.1) is 0 Å². The average Bonchev–Trinajstić information content (AvgIpc) is 2.64.